The lowest BCUT2D eigenvalue weighted by Crippen LogP contribution is -2.08. The van der Waals surface area contributed by atoms with E-state index in [0.717, 1.165) is 33.5 Å². The van der Waals surface area contributed by atoms with E-state index in [-0.39, 0.29) is 6.79 Å². The van der Waals surface area contributed by atoms with E-state index in [1.807, 2.05) is 36.6 Å². The number of nitrogen functional groups attached to an aromatic ring is 1. The molecule has 7 nitrogen and oxygen atoms in total. The van der Waals surface area contributed by atoms with E-state index in [0.29, 0.717) is 36.0 Å². The summed E-state index contributed by atoms with van der Waals surface area (Å²) in [5.74, 6) is 1.07. The maximum Gasteiger partial charge on any atom is 0.188 e. The number of aromatic nitrogens is 2. The van der Waals surface area contributed by atoms with Crippen LogP contribution in [0.4, 0.5) is 5.82 Å². The van der Waals surface area contributed by atoms with E-state index < -0.39 is 0 Å². The fourth-order valence-electron chi connectivity index (χ4n) is 3.59. The van der Waals surface area contributed by atoms with Crippen LogP contribution in [0.25, 0.3) is 16.7 Å². The lowest BCUT2D eigenvalue weighted by atomic mass is 10.1. The van der Waals surface area contributed by atoms with Gasteiger partial charge in [-0.1, -0.05) is 6.07 Å². The van der Waals surface area contributed by atoms with Gasteiger partial charge in [0.1, 0.15) is 28.8 Å². The van der Waals surface area contributed by atoms with Gasteiger partial charge in [0.2, 0.25) is 0 Å². The van der Waals surface area contributed by atoms with Crippen LogP contribution in [0.15, 0.2) is 18.2 Å². The normalized spacial score (nSPS) is 13.0. The number of hydrogen-bond acceptors (Lipinski definition) is 6. The van der Waals surface area contributed by atoms with Gasteiger partial charge in [0.25, 0.3) is 0 Å². The molecule has 0 atom stereocenters. The molecular formula is C20H20N4O3. The Bertz CT molecular complexity index is 1100. The van der Waals surface area contributed by atoms with Gasteiger partial charge in [-0.3, -0.25) is 4.57 Å². The van der Waals surface area contributed by atoms with Gasteiger partial charge in [-0.15, -0.1) is 0 Å². The summed E-state index contributed by atoms with van der Waals surface area (Å²) in [5.41, 5.74) is 12.1. The maximum atomic E-state index is 9.69. The van der Waals surface area contributed by atoms with Gasteiger partial charge in [-0.25, -0.2) is 4.98 Å². The van der Waals surface area contributed by atoms with Crippen molar-refractivity contribution in [2.24, 2.45) is 0 Å². The number of methoxy groups -OCH3 is 1. The van der Waals surface area contributed by atoms with Crippen molar-refractivity contribution in [2.75, 3.05) is 19.6 Å². The van der Waals surface area contributed by atoms with Crippen LogP contribution in [0.2, 0.25) is 0 Å². The van der Waals surface area contributed by atoms with Gasteiger partial charge in [0.15, 0.2) is 6.79 Å². The quantitative estimate of drug-likeness (QED) is 0.715. The first-order valence-electron chi connectivity index (χ1n) is 8.59. The third-order valence-corrected chi connectivity index (χ3v) is 4.90. The Morgan fingerprint density at radius 3 is 2.89 bits per heavy atom. The molecule has 0 aliphatic carbocycles. The molecule has 7 heteroatoms. The lowest BCUT2D eigenvalue weighted by Gasteiger charge is -2.17. The first-order valence-corrected chi connectivity index (χ1v) is 8.59. The molecule has 4 rings (SSSR count). The third-order valence-electron chi connectivity index (χ3n) is 4.90. The molecule has 0 saturated carbocycles. The predicted octanol–water partition coefficient (Wildman–Crippen LogP) is 3.11. The number of pyridine rings is 1. The van der Waals surface area contributed by atoms with Crippen molar-refractivity contribution in [3.05, 3.63) is 46.1 Å². The summed E-state index contributed by atoms with van der Waals surface area (Å²) in [5, 5.41) is 10.4. The standard InChI is InChI=1S/C20H20N4O3/c1-11-4-5-17(27-10-25-3)12(2)18(11)24-19(22)15(7-21)14-6-13-8-26-9-16(13)23-20(14)24/h4-6H,8-10,22H2,1-3H3. The molecule has 3 heterocycles. The van der Waals surface area contributed by atoms with Crippen molar-refractivity contribution in [3.8, 4) is 17.5 Å². The number of benzene rings is 1. The van der Waals surface area contributed by atoms with Gasteiger partial charge >= 0.3 is 0 Å². The SMILES string of the molecule is COCOc1ccc(C)c(-n2c(N)c(C#N)c3cc4c(nc32)COC4)c1C. The van der Waals surface area contributed by atoms with Gasteiger partial charge < -0.3 is 19.9 Å². The minimum atomic E-state index is 0.151. The number of fused-ring (bicyclic) bond motifs is 2. The van der Waals surface area contributed by atoms with E-state index in [9.17, 15) is 5.26 Å². The number of nitrogens with zero attached hydrogens (tertiary/aromatic N) is 3. The summed E-state index contributed by atoms with van der Waals surface area (Å²) < 4.78 is 18.0. The van der Waals surface area contributed by atoms with Crippen LogP contribution in [0.1, 0.15) is 27.9 Å². The molecule has 0 amide bonds. The molecule has 0 spiro atoms. The molecule has 1 aromatic carbocycles. The summed E-state index contributed by atoms with van der Waals surface area (Å²) in [4.78, 5) is 4.78. The Morgan fingerprint density at radius 1 is 1.33 bits per heavy atom. The summed E-state index contributed by atoms with van der Waals surface area (Å²) >= 11 is 0. The number of ether oxygens (including phenoxy) is 3. The van der Waals surface area contributed by atoms with Crippen LogP contribution in [0, 0.1) is 25.2 Å². The van der Waals surface area contributed by atoms with Gasteiger partial charge in [-0.05, 0) is 31.5 Å². The number of anilines is 1. The largest absolute Gasteiger partial charge is 0.467 e. The van der Waals surface area contributed by atoms with Crippen LogP contribution in [0.3, 0.4) is 0 Å². The highest BCUT2D eigenvalue weighted by molar-refractivity contribution is 5.92. The summed E-state index contributed by atoms with van der Waals surface area (Å²) in [6.07, 6.45) is 0. The van der Waals surface area contributed by atoms with Crippen LogP contribution < -0.4 is 10.5 Å². The average molecular weight is 364 g/mol. The highest BCUT2D eigenvalue weighted by Gasteiger charge is 2.24. The second kappa shape index (κ2) is 6.58. The van der Waals surface area contributed by atoms with Crippen LogP contribution in [0.5, 0.6) is 5.75 Å². The molecule has 2 aromatic heterocycles. The van der Waals surface area contributed by atoms with Crippen molar-refractivity contribution in [2.45, 2.75) is 27.1 Å². The molecule has 0 radical (unpaired) electrons. The molecule has 1 aliphatic rings. The van der Waals surface area contributed by atoms with E-state index >= 15 is 0 Å². The molecule has 138 valence electrons. The average Bonchev–Trinajstić information content (AvgIpc) is 3.21. The fourth-order valence-corrected chi connectivity index (χ4v) is 3.59. The maximum absolute atomic E-state index is 9.69. The monoisotopic (exact) mass is 364 g/mol. The third kappa shape index (κ3) is 2.62. The first-order chi connectivity index (χ1) is 13.1. The predicted molar refractivity (Wildman–Crippen MR) is 101 cm³/mol. The molecular weight excluding hydrogens is 344 g/mol. The highest BCUT2D eigenvalue weighted by atomic mass is 16.7. The van der Waals surface area contributed by atoms with Crippen molar-refractivity contribution in [1.82, 2.24) is 9.55 Å². The van der Waals surface area contributed by atoms with Gasteiger partial charge in [0.05, 0.1) is 24.6 Å². The Kier molecular flexibility index (Phi) is 4.22. The Hall–Kier alpha value is -3.08. The second-order valence-electron chi connectivity index (χ2n) is 6.57. The molecule has 0 unspecified atom stereocenters. The van der Waals surface area contributed by atoms with Crippen molar-refractivity contribution < 1.29 is 14.2 Å². The topological polar surface area (TPSA) is 95.3 Å². The molecule has 1 aliphatic heterocycles. The smallest absolute Gasteiger partial charge is 0.188 e. The van der Waals surface area contributed by atoms with E-state index in [2.05, 4.69) is 6.07 Å². The van der Waals surface area contributed by atoms with Crippen molar-refractivity contribution >= 4 is 16.9 Å². The zero-order valence-corrected chi connectivity index (χ0v) is 15.5. The van der Waals surface area contributed by atoms with Crippen molar-refractivity contribution in [3.63, 3.8) is 0 Å². The number of nitriles is 1. The first kappa shape index (κ1) is 17.3. The van der Waals surface area contributed by atoms with Crippen LogP contribution >= 0.6 is 0 Å². The number of nitrogens with two attached hydrogens (primary N) is 1. The van der Waals surface area contributed by atoms with E-state index in [1.165, 1.54) is 0 Å². The number of rotatable bonds is 4. The second-order valence-corrected chi connectivity index (χ2v) is 6.57. The number of aryl methyl sites for hydroxylation is 1. The van der Waals surface area contributed by atoms with Crippen LogP contribution in [-0.4, -0.2) is 23.5 Å². The van der Waals surface area contributed by atoms with Crippen LogP contribution in [-0.2, 0) is 22.7 Å². The molecule has 0 bridgehead atoms. The minimum absolute atomic E-state index is 0.151. The zero-order chi connectivity index (χ0) is 19.1. The van der Waals surface area contributed by atoms with E-state index in [4.69, 9.17) is 24.9 Å². The Labute approximate surface area is 156 Å². The van der Waals surface area contributed by atoms with Gasteiger partial charge in [-0.2, -0.15) is 5.26 Å². The molecule has 0 saturated heterocycles. The number of hydrogen-bond donors (Lipinski definition) is 1. The van der Waals surface area contributed by atoms with E-state index in [1.54, 1.807) is 7.11 Å². The Morgan fingerprint density at radius 2 is 2.15 bits per heavy atom. The van der Waals surface area contributed by atoms with Crippen molar-refractivity contribution in [1.29, 1.82) is 5.26 Å². The molecule has 3 aromatic rings. The molecule has 2 N–H and O–H groups in total. The molecule has 27 heavy (non-hydrogen) atoms. The highest BCUT2D eigenvalue weighted by Crippen LogP contribution is 2.37. The zero-order valence-electron chi connectivity index (χ0n) is 15.5. The molecule has 0 fully saturated rings. The minimum Gasteiger partial charge on any atom is -0.467 e. The summed E-state index contributed by atoms with van der Waals surface area (Å²) in [7, 11) is 1.58. The summed E-state index contributed by atoms with van der Waals surface area (Å²) in [6.45, 7) is 5.08. The summed E-state index contributed by atoms with van der Waals surface area (Å²) in [6, 6.07) is 8.06. The van der Waals surface area contributed by atoms with Gasteiger partial charge in [0, 0.05) is 23.6 Å². The lowest BCUT2D eigenvalue weighted by molar-refractivity contribution is 0.0506. The Balaban J connectivity index is 2.03. The fraction of sp³-hybridized carbons (Fsp3) is 0.300.